The minimum Gasteiger partial charge on any atom is -0.495 e. The summed E-state index contributed by atoms with van der Waals surface area (Å²) in [4.78, 5) is 35.1. The van der Waals surface area contributed by atoms with E-state index in [1.165, 1.54) is 19.2 Å². The van der Waals surface area contributed by atoms with E-state index >= 15 is 0 Å². The molecule has 0 unspecified atom stereocenters. The van der Waals surface area contributed by atoms with Crippen LogP contribution in [-0.4, -0.2) is 33.9 Å². The van der Waals surface area contributed by atoms with Crippen LogP contribution in [0.2, 0.25) is 0 Å². The molecule has 0 saturated carbocycles. The second-order valence-corrected chi connectivity index (χ2v) is 5.39. The van der Waals surface area contributed by atoms with Gasteiger partial charge in [-0.2, -0.15) is 0 Å². The highest BCUT2D eigenvalue weighted by Gasteiger charge is 2.12. The van der Waals surface area contributed by atoms with Crippen molar-refractivity contribution in [1.29, 1.82) is 0 Å². The summed E-state index contributed by atoms with van der Waals surface area (Å²) >= 11 is 0. The van der Waals surface area contributed by atoms with E-state index in [0.29, 0.717) is 34.9 Å². The van der Waals surface area contributed by atoms with Crippen molar-refractivity contribution in [2.24, 2.45) is 5.73 Å². The zero-order chi connectivity index (χ0) is 17.8. The number of aromatic amines is 1. The number of fused-ring (bicyclic) bond motifs is 1. The molecule has 8 heteroatoms. The van der Waals surface area contributed by atoms with Crippen LogP contribution in [0, 0.1) is 0 Å². The lowest BCUT2D eigenvalue weighted by Gasteiger charge is -2.11. The number of hydrogen-bond acceptors (Lipinski definition) is 5. The molecular weight excluding hydrogens is 322 g/mol. The first-order valence-electron chi connectivity index (χ1n) is 7.64. The molecule has 0 bridgehead atoms. The third-order valence-corrected chi connectivity index (χ3v) is 3.65. The molecule has 25 heavy (non-hydrogen) atoms. The van der Waals surface area contributed by atoms with Crippen molar-refractivity contribution in [2.45, 2.75) is 12.8 Å². The van der Waals surface area contributed by atoms with E-state index in [4.69, 9.17) is 10.5 Å². The van der Waals surface area contributed by atoms with Crippen LogP contribution in [0.3, 0.4) is 0 Å². The van der Waals surface area contributed by atoms with Gasteiger partial charge in [0.1, 0.15) is 11.6 Å². The minimum atomic E-state index is -0.576. The lowest BCUT2D eigenvalue weighted by molar-refractivity contribution is -0.116. The number of aryl methyl sites for hydroxylation is 1. The van der Waals surface area contributed by atoms with Gasteiger partial charge in [-0.05, 0) is 30.3 Å². The quantitative estimate of drug-likeness (QED) is 0.630. The van der Waals surface area contributed by atoms with Crippen LogP contribution in [0.15, 0.2) is 36.5 Å². The number of hydrogen-bond donors (Lipinski definition) is 3. The van der Waals surface area contributed by atoms with Crippen LogP contribution in [0.25, 0.3) is 11.2 Å². The van der Waals surface area contributed by atoms with Crippen molar-refractivity contribution in [1.82, 2.24) is 15.0 Å². The molecular formula is C17H17N5O3. The van der Waals surface area contributed by atoms with Crippen LogP contribution >= 0.6 is 0 Å². The van der Waals surface area contributed by atoms with E-state index in [9.17, 15) is 9.59 Å². The normalized spacial score (nSPS) is 10.6. The Labute approximate surface area is 143 Å². The molecule has 2 aromatic heterocycles. The van der Waals surface area contributed by atoms with Gasteiger partial charge in [0.05, 0.1) is 18.3 Å². The van der Waals surface area contributed by atoms with Crippen LogP contribution in [-0.2, 0) is 11.2 Å². The van der Waals surface area contributed by atoms with Gasteiger partial charge in [-0.25, -0.2) is 9.97 Å². The van der Waals surface area contributed by atoms with Crippen molar-refractivity contribution in [3.05, 3.63) is 47.9 Å². The molecule has 0 fully saturated rings. The molecule has 2 heterocycles. The molecule has 0 aliphatic heterocycles. The van der Waals surface area contributed by atoms with Crippen LogP contribution < -0.4 is 15.8 Å². The molecule has 4 N–H and O–H groups in total. The van der Waals surface area contributed by atoms with Crippen molar-refractivity contribution in [3.8, 4) is 5.75 Å². The molecule has 8 nitrogen and oxygen atoms in total. The molecule has 1 aromatic carbocycles. The number of benzene rings is 1. The van der Waals surface area contributed by atoms with Gasteiger partial charge in [-0.1, -0.05) is 0 Å². The molecule has 3 aromatic rings. The highest BCUT2D eigenvalue weighted by Crippen LogP contribution is 2.25. The fraction of sp³-hybridized carbons (Fsp3) is 0.176. The molecule has 0 saturated heterocycles. The molecule has 0 aliphatic carbocycles. The van der Waals surface area contributed by atoms with E-state index in [0.717, 1.165) is 5.52 Å². The number of aromatic nitrogens is 3. The number of rotatable bonds is 6. The molecule has 0 aliphatic rings. The minimum absolute atomic E-state index is 0.212. The van der Waals surface area contributed by atoms with Gasteiger partial charge in [0.15, 0.2) is 5.65 Å². The van der Waals surface area contributed by atoms with E-state index in [2.05, 4.69) is 20.3 Å². The zero-order valence-electron chi connectivity index (χ0n) is 13.6. The van der Waals surface area contributed by atoms with E-state index in [-0.39, 0.29) is 12.3 Å². The van der Waals surface area contributed by atoms with Gasteiger partial charge < -0.3 is 20.8 Å². The molecule has 3 rings (SSSR count). The van der Waals surface area contributed by atoms with Gasteiger partial charge >= 0.3 is 0 Å². The maximum Gasteiger partial charge on any atom is 0.248 e. The summed E-state index contributed by atoms with van der Waals surface area (Å²) in [6.07, 6.45) is 2.31. The van der Waals surface area contributed by atoms with Crippen molar-refractivity contribution < 1.29 is 14.3 Å². The van der Waals surface area contributed by atoms with Gasteiger partial charge in [0, 0.05) is 24.6 Å². The van der Waals surface area contributed by atoms with Crippen molar-refractivity contribution in [2.75, 3.05) is 12.4 Å². The topological polar surface area (TPSA) is 123 Å². The summed E-state index contributed by atoms with van der Waals surface area (Å²) in [6.45, 7) is 0. The lowest BCUT2D eigenvalue weighted by atomic mass is 10.1. The van der Waals surface area contributed by atoms with E-state index in [1.54, 1.807) is 12.3 Å². The van der Waals surface area contributed by atoms with Gasteiger partial charge in [-0.3, -0.25) is 9.59 Å². The predicted molar refractivity (Wildman–Crippen MR) is 92.4 cm³/mol. The Morgan fingerprint density at radius 3 is 2.88 bits per heavy atom. The number of anilines is 1. The highest BCUT2D eigenvalue weighted by atomic mass is 16.5. The summed E-state index contributed by atoms with van der Waals surface area (Å²) < 4.78 is 5.19. The number of imidazole rings is 1. The number of nitrogens with two attached hydrogens (primary N) is 1. The Hall–Kier alpha value is -3.42. The highest BCUT2D eigenvalue weighted by molar-refractivity contribution is 5.97. The predicted octanol–water partition coefficient (Wildman–Crippen LogP) is 1.64. The smallest absolute Gasteiger partial charge is 0.248 e. The number of nitrogens with zero attached hydrogens (tertiary/aromatic N) is 2. The Morgan fingerprint density at radius 2 is 2.16 bits per heavy atom. The molecule has 0 atom stereocenters. The number of methoxy groups -OCH3 is 1. The number of amides is 2. The van der Waals surface area contributed by atoms with Gasteiger partial charge in [-0.15, -0.1) is 0 Å². The zero-order valence-corrected chi connectivity index (χ0v) is 13.6. The molecule has 0 radical (unpaired) electrons. The first-order chi connectivity index (χ1) is 12.1. The average molecular weight is 339 g/mol. The average Bonchev–Trinajstić information content (AvgIpc) is 3.03. The summed E-state index contributed by atoms with van der Waals surface area (Å²) in [5.74, 6) is 0.328. The summed E-state index contributed by atoms with van der Waals surface area (Å²) in [5, 5.41) is 2.73. The fourth-order valence-corrected chi connectivity index (χ4v) is 2.42. The van der Waals surface area contributed by atoms with Crippen LogP contribution in [0.1, 0.15) is 22.6 Å². The van der Waals surface area contributed by atoms with Gasteiger partial charge in [0.25, 0.3) is 0 Å². The van der Waals surface area contributed by atoms with Crippen molar-refractivity contribution in [3.63, 3.8) is 0 Å². The number of primary amides is 1. The number of carbonyl (C=O) groups excluding carboxylic acids is 2. The Morgan fingerprint density at radius 1 is 1.32 bits per heavy atom. The van der Waals surface area contributed by atoms with E-state index in [1.807, 2.05) is 12.1 Å². The Balaban J connectivity index is 1.67. The third-order valence-electron chi connectivity index (χ3n) is 3.65. The monoisotopic (exact) mass is 339 g/mol. The summed E-state index contributed by atoms with van der Waals surface area (Å²) in [5.41, 5.74) is 7.40. The Kier molecular flexibility index (Phi) is 4.60. The largest absolute Gasteiger partial charge is 0.495 e. The van der Waals surface area contributed by atoms with Crippen LogP contribution in [0.5, 0.6) is 5.75 Å². The number of H-pyrrole nitrogens is 1. The van der Waals surface area contributed by atoms with Gasteiger partial charge in [0.2, 0.25) is 11.8 Å². The first kappa shape index (κ1) is 16.4. The summed E-state index contributed by atoms with van der Waals surface area (Å²) in [6, 6.07) is 8.30. The number of nitrogens with one attached hydrogen (secondary N) is 2. The SMILES string of the molecule is COc1ccc(C(N)=O)cc1NC(=O)CCc1nc2ncccc2[nH]1. The molecule has 128 valence electrons. The van der Waals surface area contributed by atoms with Crippen LogP contribution in [0.4, 0.5) is 5.69 Å². The number of ether oxygens (including phenoxy) is 1. The number of pyridine rings is 1. The summed E-state index contributed by atoms with van der Waals surface area (Å²) in [7, 11) is 1.48. The second kappa shape index (κ2) is 7.00. The Bertz CT molecular complexity index is 902. The first-order valence-corrected chi connectivity index (χ1v) is 7.64. The lowest BCUT2D eigenvalue weighted by Crippen LogP contribution is -2.15. The third kappa shape index (κ3) is 3.74. The standard InChI is InChI=1S/C17H17N5O3/c1-25-13-5-4-10(16(18)24)9-12(13)21-15(23)7-6-14-20-11-3-2-8-19-17(11)22-14/h2-5,8-9H,6-7H2,1H3,(H2,18,24)(H,21,23)(H,19,20,22). The maximum absolute atomic E-state index is 12.2. The maximum atomic E-state index is 12.2. The fourth-order valence-electron chi connectivity index (χ4n) is 2.42. The molecule has 0 spiro atoms. The van der Waals surface area contributed by atoms with Crippen molar-refractivity contribution >= 4 is 28.7 Å². The number of carbonyl (C=O) groups is 2. The second-order valence-electron chi connectivity index (χ2n) is 5.39. The molecule has 2 amide bonds. The van der Waals surface area contributed by atoms with E-state index < -0.39 is 5.91 Å².